The number of nitrogens with one attached hydrogen (secondary N) is 2. The summed E-state index contributed by atoms with van der Waals surface area (Å²) in [6.07, 6.45) is 3.91. The van der Waals surface area contributed by atoms with Gasteiger partial charge >= 0.3 is 5.97 Å². The van der Waals surface area contributed by atoms with E-state index in [2.05, 4.69) is 20.7 Å². The van der Waals surface area contributed by atoms with Crippen molar-refractivity contribution >= 4 is 29.3 Å². The third-order valence-electron chi connectivity index (χ3n) is 2.16. The Morgan fingerprint density at radius 1 is 1.53 bits per heavy atom. The van der Waals surface area contributed by atoms with E-state index in [1.165, 1.54) is 23.6 Å². The van der Waals surface area contributed by atoms with Gasteiger partial charge in [0.05, 0.1) is 12.7 Å². The van der Waals surface area contributed by atoms with Crippen LogP contribution in [0.3, 0.4) is 0 Å². The zero-order valence-electron chi connectivity index (χ0n) is 9.66. The van der Waals surface area contributed by atoms with E-state index in [9.17, 15) is 9.59 Å². The van der Waals surface area contributed by atoms with Gasteiger partial charge in [0.15, 0.2) is 5.69 Å². The number of hydrogen-bond donors (Lipinski definition) is 3. The lowest BCUT2D eigenvalue weighted by Crippen LogP contribution is -2.22. The van der Waals surface area contributed by atoms with Crippen LogP contribution >= 0.6 is 11.3 Å². The van der Waals surface area contributed by atoms with Crippen LogP contribution in [0.2, 0.25) is 0 Å². The van der Waals surface area contributed by atoms with Gasteiger partial charge in [-0.1, -0.05) is 0 Å². The Morgan fingerprint density at radius 3 is 3.05 bits per heavy atom. The highest BCUT2D eigenvalue weighted by atomic mass is 32.1. The molecule has 0 saturated carbocycles. The van der Waals surface area contributed by atoms with Crippen LogP contribution in [0.5, 0.6) is 0 Å². The number of rotatable bonds is 5. The van der Waals surface area contributed by atoms with Gasteiger partial charge in [0, 0.05) is 11.0 Å². The van der Waals surface area contributed by atoms with Crippen LogP contribution < -0.4 is 5.32 Å². The van der Waals surface area contributed by atoms with Crippen molar-refractivity contribution in [3.05, 3.63) is 39.9 Å². The van der Waals surface area contributed by atoms with E-state index < -0.39 is 5.97 Å². The number of thiophene rings is 1. The van der Waals surface area contributed by atoms with Crippen LogP contribution in [-0.2, 0) is 11.3 Å². The van der Waals surface area contributed by atoms with E-state index in [4.69, 9.17) is 5.11 Å². The first-order valence-electron chi connectivity index (χ1n) is 5.27. The van der Waals surface area contributed by atoms with Crippen molar-refractivity contribution in [2.24, 2.45) is 0 Å². The molecular formula is C11H10N4O3S. The minimum absolute atomic E-state index is 0.225. The lowest BCUT2D eigenvalue weighted by molar-refractivity contribution is -0.131. The maximum atomic E-state index is 11.6. The molecule has 98 valence electrons. The van der Waals surface area contributed by atoms with Crippen molar-refractivity contribution in [3.63, 3.8) is 0 Å². The molecule has 7 nitrogen and oxygen atoms in total. The molecule has 0 aliphatic heterocycles. The fourth-order valence-corrected chi connectivity index (χ4v) is 2.11. The molecule has 0 aliphatic rings. The summed E-state index contributed by atoms with van der Waals surface area (Å²) in [6.45, 7) is 0.358. The molecule has 0 fully saturated rings. The average Bonchev–Trinajstić information content (AvgIpc) is 3.04. The third kappa shape index (κ3) is 3.75. The fraction of sp³-hybridized carbons (Fsp3) is 0.0909. The van der Waals surface area contributed by atoms with Gasteiger partial charge in [-0.05, 0) is 23.1 Å². The predicted octanol–water partition coefficient (Wildman–Crippen LogP) is 0.894. The van der Waals surface area contributed by atoms with Gasteiger partial charge in [-0.2, -0.15) is 15.4 Å². The summed E-state index contributed by atoms with van der Waals surface area (Å²) in [5.74, 6) is -1.31. The van der Waals surface area contributed by atoms with Crippen LogP contribution in [0.15, 0.2) is 23.7 Å². The summed E-state index contributed by atoms with van der Waals surface area (Å²) >= 11 is 1.44. The topological polar surface area (TPSA) is 108 Å². The Kier molecular flexibility index (Phi) is 4.04. The molecule has 0 bridgehead atoms. The highest BCUT2D eigenvalue weighted by molar-refractivity contribution is 7.10. The molecule has 2 aromatic heterocycles. The van der Waals surface area contributed by atoms with E-state index >= 15 is 0 Å². The molecule has 3 N–H and O–H groups in total. The van der Waals surface area contributed by atoms with Gasteiger partial charge in [0.1, 0.15) is 0 Å². The normalized spacial score (nSPS) is 10.7. The van der Waals surface area contributed by atoms with Crippen molar-refractivity contribution in [2.45, 2.75) is 6.54 Å². The van der Waals surface area contributed by atoms with Crippen LogP contribution in [0, 0.1) is 0 Å². The Bertz CT molecular complexity index is 603. The van der Waals surface area contributed by atoms with Crippen LogP contribution in [-0.4, -0.2) is 32.4 Å². The molecular weight excluding hydrogens is 268 g/mol. The monoisotopic (exact) mass is 278 g/mol. The fourth-order valence-electron chi connectivity index (χ4n) is 1.31. The van der Waals surface area contributed by atoms with Crippen LogP contribution in [0.1, 0.15) is 20.9 Å². The summed E-state index contributed by atoms with van der Waals surface area (Å²) in [6, 6.07) is 1.81. The lowest BCUT2D eigenvalue weighted by Gasteiger charge is -1.99. The van der Waals surface area contributed by atoms with Crippen molar-refractivity contribution in [3.8, 4) is 0 Å². The molecule has 0 aromatic carbocycles. The quantitative estimate of drug-likeness (QED) is 0.704. The first-order chi connectivity index (χ1) is 9.15. The van der Waals surface area contributed by atoms with E-state index in [-0.39, 0.29) is 11.6 Å². The number of hydrogen-bond acceptors (Lipinski definition) is 5. The first kappa shape index (κ1) is 13.0. The van der Waals surface area contributed by atoms with E-state index in [0.29, 0.717) is 6.54 Å². The van der Waals surface area contributed by atoms with Gasteiger partial charge in [0.2, 0.25) is 0 Å². The van der Waals surface area contributed by atoms with Crippen molar-refractivity contribution in [1.82, 2.24) is 20.7 Å². The SMILES string of the molecule is O=C(O)C=Cc1csc(CNC(=O)c2cn[nH]n2)c1. The second-order valence-corrected chi connectivity index (χ2v) is 4.55. The van der Waals surface area contributed by atoms with Gasteiger partial charge in [0.25, 0.3) is 5.91 Å². The summed E-state index contributed by atoms with van der Waals surface area (Å²) in [4.78, 5) is 22.9. The Balaban J connectivity index is 1.90. The molecule has 0 spiro atoms. The number of aromatic nitrogens is 3. The first-order valence-corrected chi connectivity index (χ1v) is 6.15. The minimum atomic E-state index is -0.993. The van der Waals surface area contributed by atoms with Gasteiger partial charge in [-0.3, -0.25) is 4.79 Å². The number of nitrogens with zero attached hydrogens (tertiary/aromatic N) is 2. The summed E-state index contributed by atoms with van der Waals surface area (Å²) in [5, 5.41) is 22.6. The number of aromatic amines is 1. The summed E-state index contributed by atoms with van der Waals surface area (Å²) in [7, 11) is 0. The smallest absolute Gasteiger partial charge is 0.328 e. The summed E-state index contributed by atoms with van der Waals surface area (Å²) in [5.41, 5.74) is 1.01. The van der Waals surface area contributed by atoms with Crippen molar-refractivity contribution in [1.29, 1.82) is 0 Å². The van der Waals surface area contributed by atoms with Crippen molar-refractivity contribution < 1.29 is 14.7 Å². The largest absolute Gasteiger partial charge is 0.478 e. The average molecular weight is 278 g/mol. The maximum absolute atomic E-state index is 11.6. The van der Waals surface area contributed by atoms with Gasteiger partial charge < -0.3 is 10.4 Å². The molecule has 8 heteroatoms. The number of carboxylic acid groups (broad SMARTS) is 1. The maximum Gasteiger partial charge on any atom is 0.328 e. The second kappa shape index (κ2) is 5.91. The molecule has 0 unspecified atom stereocenters. The predicted molar refractivity (Wildman–Crippen MR) is 68.5 cm³/mol. The van der Waals surface area contributed by atoms with Gasteiger partial charge in [-0.15, -0.1) is 11.3 Å². The molecule has 19 heavy (non-hydrogen) atoms. The Morgan fingerprint density at radius 2 is 2.37 bits per heavy atom. The molecule has 2 aromatic rings. The van der Waals surface area contributed by atoms with E-state index in [1.54, 1.807) is 0 Å². The zero-order chi connectivity index (χ0) is 13.7. The Hall–Kier alpha value is -2.48. The minimum Gasteiger partial charge on any atom is -0.478 e. The van der Waals surface area contributed by atoms with Gasteiger partial charge in [-0.25, -0.2) is 4.79 Å². The zero-order valence-corrected chi connectivity index (χ0v) is 10.5. The number of carbonyl (C=O) groups is 2. The van der Waals surface area contributed by atoms with Crippen LogP contribution in [0.25, 0.3) is 6.08 Å². The molecule has 0 aliphatic carbocycles. The van der Waals surface area contributed by atoms with E-state index in [0.717, 1.165) is 16.5 Å². The standard InChI is InChI=1S/C11H10N4O3S/c16-10(17)2-1-7-3-8(19-6-7)4-12-11(18)9-5-13-15-14-9/h1-3,5-6H,4H2,(H,12,18)(H,16,17)(H,13,14,15). The molecule has 0 radical (unpaired) electrons. The molecule has 0 atom stereocenters. The molecule has 2 rings (SSSR count). The number of carbonyl (C=O) groups excluding carboxylic acids is 1. The molecule has 2 heterocycles. The Labute approximate surface area is 112 Å². The second-order valence-electron chi connectivity index (χ2n) is 3.56. The number of carboxylic acids is 1. The number of amides is 1. The third-order valence-corrected chi connectivity index (χ3v) is 3.12. The number of aliphatic carboxylic acids is 1. The molecule has 1 amide bonds. The highest BCUT2D eigenvalue weighted by Crippen LogP contribution is 2.15. The van der Waals surface area contributed by atoms with Crippen molar-refractivity contribution in [2.75, 3.05) is 0 Å². The molecule has 0 saturated heterocycles. The lowest BCUT2D eigenvalue weighted by atomic mass is 10.3. The van der Waals surface area contributed by atoms with Crippen LogP contribution in [0.4, 0.5) is 0 Å². The highest BCUT2D eigenvalue weighted by Gasteiger charge is 2.08. The summed E-state index contributed by atoms with van der Waals surface area (Å²) < 4.78 is 0. The number of H-pyrrole nitrogens is 1. The van der Waals surface area contributed by atoms with E-state index in [1.807, 2.05) is 11.4 Å².